The minimum atomic E-state index is -0.986. The highest BCUT2D eigenvalue weighted by Crippen LogP contribution is 2.39. The van der Waals surface area contributed by atoms with Crippen LogP contribution in [0, 0.1) is 5.92 Å². The summed E-state index contributed by atoms with van der Waals surface area (Å²) < 4.78 is 26.1. The molecule has 0 saturated carbocycles. The lowest BCUT2D eigenvalue weighted by molar-refractivity contribution is -0.143. The van der Waals surface area contributed by atoms with Gasteiger partial charge in [-0.3, -0.25) is 9.69 Å². The summed E-state index contributed by atoms with van der Waals surface area (Å²) >= 11 is 0. The molecule has 2 saturated heterocycles. The van der Waals surface area contributed by atoms with Crippen molar-refractivity contribution in [2.75, 3.05) is 19.6 Å². The second-order valence-electron chi connectivity index (χ2n) is 7.63. The number of halogens is 1. The fourth-order valence-electron chi connectivity index (χ4n) is 2.96. The van der Waals surface area contributed by atoms with Crippen LogP contribution in [0.25, 0.3) is 0 Å². The molecule has 5 nitrogen and oxygen atoms in total. The van der Waals surface area contributed by atoms with E-state index in [2.05, 4.69) is 0 Å². The van der Waals surface area contributed by atoms with Crippen LogP contribution < -0.4 is 0 Å². The van der Waals surface area contributed by atoms with E-state index in [9.17, 15) is 9.18 Å². The molecular weight excluding hydrogens is 300 g/mol. The molecule has 0 radical (unpaired) electrons. The zero-order valence-corrected chi connectivity index (χ0v) is 14.7. The van der Waals surface area contributed by atoms with E-state index in [-0.39, 0.29) is 5.92 Å². The average molecular weight is 327 g/mol. The molecule has 0 aromatic carbocycles. The first kappa shape index (κ1) is 18.4. The number of nitrogens with zero attached hydrogens (tertiary/aromatic N) is 1. The Morgan fingerprint density at radius 1 is 1.30 bits per heavy atom. The summed E-state index contributed by atoms with van der Waals surface area (Å²) in [5.74, 6) is -1.14. The molecule has 130 valence electrons. The van der Waals surface area contributed by atoms with Crippen molar-refractivity contribution < 1.29 is 23.6 Å². The highest BCUT2D eigenvalue weighted by molar-refractivity contribution is 6.53. The number of carbonyl (C=O) groups is 1. The summed E-state index contributed by atoms with van der Waals surface area (Å²) in [5.41, 5.74) is -1.01. The van der Waals surface area contributed by atoms with Crippen LogP contribution in [0.5, 0.6) is 0 Å². The van der Waals surface area contributed by atoms with Crippen molar-refractivity contribution in [3.63, 3.8) is 0 Å². The predicted molar refractivity (Wildman–Crippen MR) is 86.7 cm³/mol. The van der Waals surface area contributed by atoms with Crippen LogP contribution in [0.3, 0.4) is 0 Å². The van der Waals surface area contributed by atoms with Gasteiger partial charge in [0.15, 0.2) is 0 Å². The fourth-order valence-corrected chi connectivity index (χ4v) is 2.96. The minimum Gasteiger partial charge on any atom is -0.481 e. The Morgan fingerprint density at radius 3 is 2.39 bits per heavy atom. The topological polar surface area (TPSA) is 59.0 Å². The van der Waals surface area contributed by atoms with E-state index in [4.69, 9.17) is 14.4 Å². The molecule has 0 spiro atoms. The molecule has 2 rings (SSSR count). The van der Waals surface area contributed by atoms with Gasteiger partial charge in [0.1, 0.15) is 5.73 Å². The van der Waals surface area contributed by atoms with Gasteiger partial charge in [-0.25, -0.2) is 4.39 Å². The normalized spacial score (nSPS) is 28.6. The van der Waals surface area contributed by atoms with Crippen LogP contribution in [0.1, 0.15) is 47.5 Å². The quantitative estimate of drug-likeness (QED) is 0.805. The van der Waals surface area contributed by atoms with Crippen LogP contribution in [-0.2, 0) is 14.1 Å². The molecule has 2 aliphatic heterocycles. The van der Waals surface area contributed by atoms with Gasteiger partial charge in [0.2, 0.25) is 0 Å². The van der Waals surface area contributed by atoms with Crippen LogP contribution in [0.4, 0.5) is 4.39 Å². The van der Waals surface area contributed by atoms with Gasteiger partial charge in [-0.2, -0.15) is 0 Å². The zero-order chi connectivity index (χ0) is 17.4. The molecule has 0 aromatic heterocycles. The highest BCUT2D eigenvalue weighted by atomic mass is 19.1. The van der Waals surface area contributed by atoms with Gasteiger partial charge in [-0.15, -0.1) is 0 Å². The first-order chi connectivity index (χ1) is 10.5. The molecule has 0 amide bonds. The Balaban J connectivity index is 2.02. The third kappa shape index (κ3) is 3.95. The lowest BCUT2D eigenvalue weighted by Crippen LogP contribution is -2.41. The van der Waals surface area contributed by atoms with Crippen LogP contribution in [0.2, 0.25) is 0 Å². The molecular formula is C16H27BFNO4. The number of carboxylic acid groups (broad SMARTS) is 1. The van der Waals surface area contributed by atoms with E-state index in [0.717, 1.165) is 13.0 Å². The number of hydrogen-bond donors (Lipinski definition) is 1. The van der Waals surface area contributed by atoms with Gasteiger partial charge >= 0.3 is 13.1 Å². The molecule has 1 unspecified atom stereocenters. The van der Waals surface area contributed by atoms with Gasteiger partial charge in [-0.1, -0.05) is 0 Å². The lowest BCUT2D eigenvalue weighted by atomic mass is 9.84. The Hall–Kier alpha value is -0.915. The molecule has 1 N–H and O–H groups in total. The first-order valence-electron chi connectivity index (χ1n) is 8.19. The van der Waals surface area contributed by atoms with Crippen molar-refractivity contribution in [2.45, 2.75) is 58.7 Å². The maximum atomic E-state index is 14.7. The Morgan fingerprint density at radius 2 is 1.87 bits per heavy atom. The van der Waals surface area contributed by atoms with Crippen LogP contribution in [-0.4, -0.2) is 53.9 Å². The number of hydrogen-bond acceptors (Lipinski definition) is 4. The average Bonchev–Trinajstić information content (AvgIpc) is 2.66. The maximum absolute atomic E-state index is 14.7. The first-order valence-corrected chi connectivity index (χ1v) is 8.19. The van der Waals surface area contributed by atoms with E-state index in [1.807, 2.05) is 32.6 Å². The maximum Gasteiger partial charge on any atom is 0.525 e. The smallest absolute Gasteiger partial charge is 0.481 e. The molecule has 2 aliphatic rings. The molecule has 23 heavy (non-hydrogen) atoms. The molecule has 2 fully saturated rings. The monoisotopic (exact) mass is 327 g/mol. The molecule has 0 bridgehead atoms. The Kier molecular flexibility index (Phi) is 5.23. The second-order valence-corrected chi connectivity index (χ2v) is 7.63. The van der Waals surface area contributed by atoms with Gasteiger partial charge in [0.05, 0.1) is 17.1 Å². The third-order valence-electron chi connectivity index (χ3n) is 5.18. The van der Waals surface area contributed by atoms with Crippen molar-refractivity contribution in [2.24, 2.45) is 5.92 Å². The number of rotatable bonds is 4. The number of likely N-dealkylation sites (tertiary alicyclic amines) is 1. The number of piperidine rings is 1. The van der Waals surface area contributed by atoms with Crippen molar-refractivity contribution in [1.82, 2.24) is 4.90 Å². The van der Waals surface area contributed by atoms with Gasteiger partial charge in [0.25, 0.3) is 0 Å². The summed E-state index contributed by atoms with van der Waals surface area (Å²) in [6.07, 6.45) is 1.51. The second kappa shape index (κ2) is 6.53. The standard InChI is InChI=1S/C16H27BFNO4/c1-11(9-19-8-6-7-12(10-19)14(20)21)13(18)17-22-15(2,3)16(4,5)23-17/h12H,6-10H2,1-5H3,(H,20,21). The molecule has 0 aliphatic carbocycles. The van der Waals surface area contributed by atoms with Gasteiger partial charge in [-0.05, 0) is 59.6 Å². The lowest BCUT2D eigenvalue weighted by Gasteiger charge is -2.32. The van der Waals surface area contributed by atoms with E-state index >= 15 is 0 Å². The van der Waals surface area contributed by atoms with E-state index in [1.54, 1.807) is 6.92 Å². The Labute approximate surface area is 138 Å². The molecule has 7 heteroatoms. The number of aliphatic carboxylic acids is 1. The fraction of sp³-hybridized carbons (Fsp3) is 0.812. The zero-order valence-electron chi connectivity index (χ0n) is 14.7. The minimum absolute atomic E-state index is 0.364. The highest BCUT2D eigenvalue weighted by Gasteiger charge is 2.53. The Bertz CT molecular complexity index is 490. The summed E-state index contributed by atoms with van der Waals surface area (Å²) in [7, 11) is -0.986. The van der Waals surface area contributed by atoms with Gasteiger partial charge in [0, 0.05) is 13.1 Å². The molecule has 2 heterocycles. The SMILES string of the molecule is CC(CN1CCCC(C(=O)O)C1)=C(F)B1OC(C)(C)C(C)(C)O1. The summed E-state index contributed by atoms with van der Waals surface area (Å²) in [6, 6.07) is 0. The summed E-state index contributed by atoms with van der Waals surface area (Å²) in [5, 5.41) is 9.13. The summed E-state index contributed by atoms with van der Waals surface area (Å²) in [6.45, 7) is 10.9. The van der Waals surface area contributed by atoms with Crippen molar-refractivity contribution in [1.29, 1.82) is 0 Å². The van der Waals surface area contributed by atoms with Gasteiger partial charge < -0.3 is 14.4 Å². The van der Waals surface area contributed by atoms with Crippen molar-refractivity contribution in [3.05, 3.63) is 11.3 Å². The predicted octanol–water partition coefficient (Wildman–Crippen LogP) is 2.66. The van der Waals surface area contributed by atoms with Crippen molar-refractivity contribution in [3.8, 4) is 0 Å². The van der Waals surface area contributed by atoms with E-state index in [1.165, 1.54) is 0 Å². The van der Waals surface area contributed by atoms with E-state index in [0.29, 0.717) is 25.1 Å². The summed E-state index contributed by atoms with van der Waals surface area (Å²) in [4.78, 5) is 13.1. The third-order valence-corrected chi connectivity index (χ3v) is 5.18. The van der Waals surface area contributed by atoms with E-state index < -0.39 is 30.0 Å². The largest absolute Gasteiger partial charge is 0.525 e. The molecule has 1 atom stereocenters. The van der Waals surface area contributed by atoms with Crippen molar-refractivity contribution >= 4 is 13.1 Å². The molecule has 0 aromatic rings. The number of carboxylic acids is 1. The van der Waals surface area contributed by atoms with Crippen LogP contribution >= 0.6 is 0 Å². The van der Waals surface area contributed by atoms with Crippen LogP contribution in [0.15, 0.2) is 11.3 Å².